The van der Waals surface area contributed by atoms with Crippen LogP contribution in [0.3, 0.4) is 0 Å². The number of hydrogen-bond acceptors (Lipinski definition) is 2. The molecule has 0 heterocycles. The Labute approximate surface area is 124 Å². The number of hydrogen-bond donors (Lipinski definition) is 0. The van der Waals surface area contributed by atoms with Gasteiger partial charge >= 0.3 is 6.61 Å². The van der Waals surface area contributed by atoms with E-state index in [4.69, 9.17) is 11.6 Å². The molecule has 0 saturated carbocycles. The first-order valence-electron chi connectivity index (χ1n) is 5.97. The number of rotatable bonds is 5. The molecular weight excluding hydrogens is 305 g/mol. The molecule has 0 N–H and O–H groups in total. The van der Waals surface area contributed by atoms with Gasteiger partial charge in [0.2, 0.25) is 0 Å². The Morgan fingerprint density at radius 1 is 1.14 bits per heavy atom. The lowest BCUT2D eigenvalue weighted by Gasteiger charge is -2.06. The van der Waals surface area contributed by atoms with Gasteiger partial charge in [-0.2, -0.15) is 8.78 Å². The Hall–Kier alpha value is -2.01. The molecule has 0 bridgehead atoms. The summed E-state index contributed by atoms with van der Waals surface area (Å²) in [5.74, 6) is -0.937. The van der Waals surface area contributed by atoms with E-state index in [-0.39, 0.29) is 34.1 Å². The highest BCUT2D eigenvalue weighted by Crippen LogP contribution is 2.19. The molecule has 110 valence electrons. The van der Waals surface area contributed by atoms with Gasteiger partial charge in [0.15, 0.2) is 5.78 Å². The molecule has 6 heteroatoms. The van der Waals surface area contributed by atoms with Crippen molar-refractivity contribution in [2.75, 3.05) is 0 Å². The van der Waals surface area contributed by atoms with E-state index in [9.17, 15) is 18.0 Å². The summed E-state index contributed by atoms with van der Waals surface area (Å²) in [6, 6.07) is 9.29. The van der Waals surface area contributed by atoms with Gasteiger partial charge in [-0.1, -0.05) is 17.7 Å². The summed E-state index contributed by atoms with van der Waals surface area (Å²) in [4.78, 5) is 12.0. The SMILES string of the molecule is O=C(Cc1ccc(Cl)cc1F)c1ccc(OC(F)F)cc1. The third-order valence-corrected chi connectivity index (χ3v) is 3.00. The highest BCUT2D eigenvalue weighted by atomic mass is 35.5. The lowest BCUT2D eigenvalue weighted by molar-refractivity contribution is -0.0498. The summed E-state index contributed by atoms with van der Waals surface area (Å²) in [6.07, 6.45) is -0.141. The van der Waals surface area contributed by atoms with Crippen molar-refractivity contribution in [1.29, 1.82) is 0 Å². The van der Waals surface area contributed by atoms with E-state index >= 15 is 0 Å². The van der Waals surface area contributed by atoms with Gasteiger partial charge in [-0.3, -0.25) is 4.79 Å². The zero-order valence-corrected chi connectivity index (χ0v) is 11.4. The first-order chi connectivity index (χ1) is 9.95. The lowest BCUT2D eigenvalue weighted by Crippen LogP contribution is -2.06. The highest BCUT2D eigenvalue weighted by Gasteiger charge is 2.12. The van der Waals surface area contributed by atoms with Crippen LogP contribution in [0.15, 0.2) is 42.5 Å². The maximum atomic E-state index is 13.6. The number of halogens is 4. The molecule has 2 rings (SSSR count). The number of carbonyl (C=O) groups is 1. The van der Waals surface area contributed by atoms with Crippen molar-refractivity contribution < 1.29 is 22.7 Å². The van der Waals surface area contributed by atoms with Crippen LogP contribution < -0.4 is 4.74 Å². The Morgan fingerprint density at radius 2 is 1.81 bits per heavy atom. The average Bonchev–Trinajstić information content (AvgIpc) is 2.42. The predicted octanol–water partition coefficient (Wildman–Crippen LogP) is 4.51. The van der Waals surface area contributed by atoms with Crippen molar-refractivity contribution in [2.24, 2.45) is 0 Å². The molecule has 0 aliphatic rings. The Morgan fingerprint density at radius 3 is 2.38 bits per heavy atom. The van der Waals surface area contributed by atoms with E-state index in [1.165, 1.54) is 36.4 Å². The molecule has 0 spiro atoms. The van der Waals surface area contributed by atoms with Crippen molar-refractivity contribution in [3.63, 3.8) is 0 Å². The number of Topliss-reactive ketones (excluding diaryl/α,β-unsaturated/α-hetero) is 1. The van der Waals surface area contributed by atoms with Crippen LogP contribution >= 0.6 is 11.6 Å². The molecule has 0 aliphatic carbocycles. The first-order valence-corrected chi connectivity index (χ1v) is 6.35. The quantitative estimate of drug-likeness (QED) is 0.759. The maximum Gasteiger partial charge on any atom is 0.387 e. The molecule has 0 unspecified atom stereocenters. The monoisotopic (exact) mass is 314 g/mol. The Kier molecular flexibility index (Phi) is 4.85. The summed E-state index contributed by atoms with van der Waals surface area (Å²) in [6.45, 7) is -2.92. The minimum atomic E-state index is -2.92. The lowest BCUT2D eigenvalue weighted by atomic mass is 10.0. The van der Waals surface area contributed by atoms with Gasteiger partial charge in [0.25, 0.3) is 0 Å². The number of carbonyl (C=O) groups excluding carboxylic acids is 1. The summed E-state index contributed by atoms with van der Waals surface area (Å²) < 4.78 is 41.8. The molecule has 0 amide bonds. The van der Waals surface area contributed by atoms with Gasteiger partial charge in [-0.05, 0) is 42.0 Å². The van der Waals surface area contributed by atoms with Crippen molar-refractivity contribution in [2.45, 2.75) is 13.0 Å². The van der Waals surface area contributed by atoms with E-state index in [1.54, 1.807) is 0 Å². The van der Waals surface area contributed by atoms with E-state index in [2.05, 4.69) is 4.74 Å². The number of ether oxygens (including phenoxy) is 1. The molecule has 0 aromatic heterocycles. The fourth-order valence-corrected chi connectivity index (χ4v) is 1.92. The van der Waals surface area contributed by atoms with Crippen molar-refractivity contribution in [3.8, 4) is 5.75 Å². The minimum Gasteiger partial charge on any atom is -0.435 e. The van der Waals surface area contributed by atoms with Gasteiger partial charge in [0, 0.05) is 17.0 Å². The predicted molar refractivity (Wildman–Crippen MR) is 72.5 cm³/mol. The largest absolute Gasteiger partial charge is 0.435 e. The summed E-state index contributed by atoms with van der Waals surface area (Å²) in [5.41, 5.74) is 0.503. The fourth-order valence-electron chi connectivity index (χ4n) is 1.76. The van der Waals surface area contributed by atoms with Crippen LogP contribution in [0.5, 0.6) is 5.75 Å². The van der Waals surface area contributed by atoms with E-state index < -0.39 is 12.4 Å². The molecule has 0 atom stereocenters. The summed E-state index contributed by atoms with van der Waals surface area (Å²) in [5, 5.41) is 0.247. The van der Waals surface area contributed by atoms with Gasteiger partial charge < -0.3 is 4.74 Å². The molecule has 2 aromatic carbocycles. The van der Waals surface area contributed by atoms with Gasteiger partial charge in [0.1, 0.15) is 11.6 Å². The number of alkyl halides is 2. The van der Waals surface area contributed by atoms with Crippen molar-refractivity contribution in [3.05, 3.63) is 64.4 Å². The molecule has 2 aromatic rings. The Balaban J connectivity index is 2.09. The van der Waals surface area contributed by atoms with Gasteiger partial charge in [0.05, 0.1) is 0 Å². The third kappa shape index (κ3) is 4.23. The Bertz CT molecular complexity index is 642. The minimum absolute atomic E-state index is 0.0424. The van der Waals surface area contributed by atoms with Crippen LogP contribution in [-0.2, 0) is 6.42 Å². The number of ketones is 1. The molecule has 0 aliphatic heterocycles. The van der Waals surface area contributed by atoms with Crippen molar-refractivity contribution in [1.82, 2.24) is 0 Å². The van der Waals surface area contributed by atoms with Gasteiger partial charge in [-0.25, -0.2) is 4.39 Å². The van der Waals surface area contributed by atoms with E-state index in [1.807, 2.05) is 0 Å². The molecular formula is C15H10ClF3O2. The second kappa shape index (κ2) is 6.63. The second-order valence-corrected chi connectivity index (χ2v) is 4.68. The molecule has 0 fully saturated rings. The molecule has 2 nitrogen and oxygen atoms in total. The van der Waals surface area contributed by atoms with Crippen LogP contribution in [0.25, 0.3) is 0 Å². The average molecular weight is 315 g/mol. The van der Waals surface area contributed by atoms with E-state index in [0.717, 1.165) is 6.07 Å². The smallest absolute Gasteiger partial charge is 0.387 e. The highest BCUT2D eigenvalue weighted by molar-refractivity contribution is 6.30. The molecule has 21 heavy (non-hydrogen) atoms. The van der Waals surface area contributed by atoms with Crippen LogP contribution in [0.4, 0.5) is 13.2 Å². The van der Waals surface area contributed by atoms with Crippen LogP contribution in [0, 0.1) is 5.82 Å². The van der Waals surface area contributed by atoms with E-state index in [0.29, 0.717) is 0 Å². The normalized spacial score (nSPS) is 10.7. The first kappa shape index (κ1) is 15.4. The zero-order valence-electron chi connectivity index (χ0n) is 10.7. The molecule has 0 saturated heterocycles. The van der Waals surface area contributed by atoms with Crippen LogP contribution in [0.1, 0.15) is 15.9 Å². The van der Waals surface area contributed by atoms with Crippen molar-refractivity contribution >= 4 is 17.4 Å². The number of benzene rings is 2. The van der Waals surface area contributed by atoms with Crippen LogP contribution in [-0.4, -0.2) is 12.4 Å². The molecule has 0 radical (unpaired) electrons. The maximum absolute atomic E-state index is 13.6. The fraction of sp³-hybridized carbons (Fsp3) is 0.133. The topological polar surface area (TPSA) is 26.3 Å². The van der Waals surface area contributed by atoms with Crippen LogP contribution in [0.2, 0.25) is 5.02 Å². The zero-order chi connectivity index (χ0) is 15.4. The standard InChI is InChI=1S/C15H10ClF3O2/c16-11-4-1-10(13(17)8-11)7-14(20)9-2-5-12(6-3-9)21-15(18)19/h1-6,8,15H,7H2. The third-order valence-electron chi connectivity index (χ3n) is 2.77. The summed E-state index contributed by atoms with van der Waals surface area (Å²) in [7, 11) is 0. The second-order valence-electron chi connectivity index (χ2n) is 4.24. The van der Waals surface area contributed by atoms with Gasteiger partial charge in [-0.15, -0.1) is 0 Å². The summed E-state index contributed by atoms with van der Waals surface area (Å²) >= 11 is 5.63.